The Labute approximate surface area is 122 Å². The van der Waals surface area contributed by atoms with Crippen molar-refractivity contribution in [2.24, 2.45) is 0 Å². The zero-order chi connectivity index (χ0) is 15.2. The van der Waals surface area contributed by atoms with Gasteiger partial charge in [-0.25, -0.2) is 0 Å². The molecular formula is C12H28ClN3O3. The predicted octanol–water partition coefficient (Wildman–Crippen LogP) is 0.635. The molecule has 0 aliphatic heterocycles. The van der Waals surface area contributed by atoms with Gasteiger partial charge in [0.15, 0.2) is 0 Å². The number of carboxylic acid groups (broad SMARTS) is 1. The molecule has 0 radical (unpaired) electrons. The van der Waals surface area contributed by atoms with Crippen LogP contribution in [-0.2, 0) is 9.59 Å². The van der Waals surface area contributed by atoms with Crippen LogP contribution in [0.15, 0.2) is 12.7 Å². The molecule has 116 valence electrons. The second kappa shape index (κ2) is 16.9. The summed E-state index contributed by atoms with van der Waals surface area (Å²) >= 11 is 0. The van der Waals surface area contributed by atoms with Crippen LogP contribution in [0, 0.1) is 0 Å². The summed E-state index contributed by atoms with van der Waals surface area (Å²) in [6, 6.07) is 0. The molecule has 6 nitrogen and oxygen atoms in total. The van der Waals surface area contributed by atoms with Crippen LogP contribution in [0.4, 0.5) is 0 Å². The smallest absolute Gasteiger partial charge is 0.305 e. The van der Waals surface area contributed by atoms with Crippen molar-refractivity contribution in [2.75, 3.05) is 28.2 Å². The number of carbonyl (C=O) groups excluding carboxylic acids is 1. The SMILES string of the molecule is C=CC(=O)NC(C)(C)CC(=O)O.CNC.CNC.Cl. The van der Waals surface area contributed by atoms with E-state index in [0.717, 1.165) is 6.08 Å². The van der Waals surface area contributed by atoms with Crippen molar-refractivity contribution in [1.29, 1.82) is 0 Å². The lowest BCUT2D eigenvalue weighted by Crippen LogP contribution is -2.44. The Morgan fingerprint density at radius 2 is 1.47 bits per heavy atom. The zero-order valence-corrected chi connectivity index (χ0v) is 13.5. The maximum atomic E-state index is 10.8. The van der Waals surface area contributed by atoms with E-state index in [1.165, 1.54) is 0 Å². The summed E-state index contributed by atoms with van der Waals surface area (Å²) in [6.45, 7) is 6.55. The van der Waals surface area contributed by atoms with Gasteiger partial charge in [-0.2, -0.15) is 0 Å². The number of halogens is 1. The Balaban J connectivity index is -0.000000137. The highest BCUT2D eigenvalue weighted by atomic mass is 35.5. The number of carbonyl (C=O) groups is 2. The molecule has 0 saturated carbocycles. The van der Waals surface area contributed by atoms with Gasteiger partial charge in [-0.15, -0.1) is 12.4 Å². The molecule has 0 spiro atoms. The van der Waals surface area contributed by atoms with Crippen LogP contribution in [0.25, 0.3) is 0 Å². The molecule has 0 aliphatic carbocycles. The van der Waals surface area contributed by atoms with Crippen LogP contribution in [-0.4, -0.2) is 50.7 Å². The van der Waals surface area contributed by atoms with Gasteiger partial charge in [0.25, 0.3) is 0 Å². The van der Waals surface area contributed by atoms with Crippen molar-refractivity contribution >= 4 is 24.3 Å². The number of carboxylic acids is 1. The molecule has 0 unspecified atom stereocenters. The minimum absolute atomic E-state index is 0. The Morgan fingerprint density at radius 1 is 1.16 bits per heavy atom. The molecule has 7 heteroatoms. The van der Waals surface area contributed by atoms with Crippen molar-refractivity contribution in [3.05, 3.63) is 12.7 Å². The van der Waals surface area contributed by atoms with Gasteiger partial charge >= 0.3 is 5.97 Å². The highest BCUT2D eigenvalue weighted by Crippen LogP contribution is 2.07. The number of aliphatic carboxylic acids is 1. The summed E-state index contributed by atoms with van der Waals surface area (Å²) in [6.07, 6.45) is 1.01. The van der Waals surface area contributed by atoms with E-state index in [-0.39, 0.29) is 24.7 Å². The van der Waals surface area contributed by atoms with Crippen LogP contribution >= 0.6 is 12.4 Å². The zero-order valence-electron chi connectivity index (χ0n) is 12.7. The fourth-order valence-corrected chi connectivity index (χ4v) is 0.807. The quantitative estimate of drug-likeness (QED) is 0.572. The first-order valence-electron chi connectivity index (χ1n) is 5.54. The van der Waals surface area contributed by atoms with Gasteiger partial charge in [-0.3, -0.25) is 9.59 Å². The van der Waals surface area contributed by atoms with Crippen LogP contribution in [0.1, 0.15) is 20.3 Å². The molecule has 0 aromatic carbocycles. The predicted molar refractivity (Wildman–Crippen MR) is 81.9 cm³/mol. The molecule has 4 N–H and O–H groups in total. The van der Waals surface area contributed by atoms with E-state index in [0.29, 0.717) is 0 Å². The highest BCUT2D eigenvalue weighted by Gasteiger charge is 2.22. The second-order valence-corrected chi connectivity index (χ2v) is 4.15. The number of amides is 1. The maximum absolute atomic E-state index is 10.8. The van der Waals surface area contributed by atoms with E-state index < -0.39 is 11.5 Å². The molecular weight excluding hydrogens is 270 g/mol. The Bertz CT molecular complexity index is 244. The van der Waals surface area contributed by atoms with E-state index in [1.807, 2.05) is 28.2 Å². The van der Waals surface area contributed by atoms with E-state index in [9.17, 15) is 9.59 Å². The first-order chi connectivity index (χ1) is 8.20. The van der Waals surface area contributed by atoms with Crippen molar-refractivity contribution in [3.8, 4) is 0 Å². The topological polar surface area (TPSA) is 90.5 Å². The largest absolute Gasteiger partial charge is 0.481 e. The van der Waals surface area contributed by atoms with Gasteiger partial charge in [0.05, 0.1) is 6.42 Å². The molecule has 1 amide bonds. The van der Waals surface area contributed by atoms with E-state index in [2.05, 4.69) is 22.5 Å². The maximum Gasteiger partial charge on any atom is 0.305 e. The summed E-state index contributed by atoms with van der Waals surface area (Å²) in [5.74, 6) is -1.30. The summed E-state index contributed by atoms with van der Waals surface area (Å²) < 4.78 is 0. The van der Waals surface area contributed by atoms with E-state index in [4.69, 9.17) is 5.11 Å². The lowest BCUT2D eigenvalue weighted by molar-refractivity contribution is -0.138. The van der Waals surface area contributed by atoms with Crippen LogP contribution in [0.5, 0.6) is 0 Å². The molecule has 0 atom stereocenters. The summed E-state index contributed by atoms with van der Waals surface area (Å²) in [5, 5.41) is 16.5. The van der Waals surface area contributed by atoms with Gasteiger partial charge in [0.2, 0.25) is 5.91 Å². The van der Waals surface area contributed by atoms with Gasteiger partial charge < -0.3 is 21.1 Å². The summed E-state index contributed by atoms with van der Waals surface area (Å²) in [4.78, 5) is 21.1. The third-order valence-corrected chi connectivity index (χ3v) is 1.24. The molecule has 0 aliphatic rings. The van der Waals surface area contributed by atoms with Crippen molar-refractivity contribution in [2.45, 2.75) is 25.8 Å². The van der Waals surface area contributed by atoms with Gasteiger partial charge in [0, 0.05) is 5.54 Å². The first-order valence-corrected chi connectivity index (χ1v) is 5.54. The summed E-state index contributed by atoms with van der Waals surface area (Å²) in [5.41, 5.74) is -0.725. The number of nitrogens with one attached hydrogen (secondary N) is 3. The van der Waals surface area contributed by atoms with Crippen molar-refractivity contribution in [3.63, 3.8) is 0 Å². The van der Waals surface area contributed by atoms with Crippen molar-refractivity contribution < 1.29 is 14.7 Å². The van der Waals surface area contributed by atoms with Gasteiger partial charge in [0.1, 0.15) is 0 Å². The molecule has 0 bridgehead atoms. The number of hydrogen-bond acceptors (Lipinski definition) is 4. The molecule has 0 aromatic rings. The van der Waals surface area contributed by atoms with Crippen LogP contribution < -0.4 is 16.0 Å². The third kappa shape index (κ3) is 31.6. The lowest BCUT2D eigenvalue weighted by atomic mass is 10.0. The third-order valence-electron chi connectivity index (χ3n) is 1.24. The number of hydrogen-bond donors (Lipinski definition) is 4. The molecule has 0 fully saturated rings. The van der Waals surface area contributed by atoms with E-state index in [1.54, 1.807) is 13.8 Å². The van der Waals surface area contributed by atoms with Crippen LogP contribution in [0.3, 0.4) is 0 Å². The fourth-order valence-electron chi connectivity index (χ4n) is 0.807. The van der Waals surface area contributed by atoms with Crippen molar-refractivity contribution in [1.82, 2.24) is 16.0 Å². The molecule has 0 saturated heterocycles. The van der Waals surface area contributed by atoms with Gasteiger partial charge in [-0.1, -0.05) is 6.58 Å². The minimum atomic E-state index is -0.940. The van der Waals surface area contributed by atoms with Gasteiger partial charge in [-0.05, 0) is 48.1 Å². The Morgan fingerprint density at radius 3 is 1.68 bits per heavy atom. The molecule has 0 heterocycles. The Hall–Kier alpha value is -1.11. The Kier molecular flexibility index (Phi) is 23.5. The molecule has 0 aromatic heterocycles. The van der Waals surface area contributed by atoms with Crippen LogP contribution in [0.2, 0.25) is 0 Å². The number of rotatable bonds is 4. The molecule has 0 rings (SSSR count). The lowest BCUT2D eigenvalue weighted by Gasteiger charge is -2.23. The monoisotopic (exact) mass is 297 g/mol. The fraction of sp³-hybridized carbons (Fsp3) is 0.667. The first kappa shape index (κ1) is 26.5. The average Bonchev–Trinajstić information content (AvgIpc) is 2.16. The van der Waals surface area contributed by atoms with E-state index >= 15 is 0 Å². The normalized spacial score (nSPS) is 8.53. The standard InChI is InChI=1S/C8H13NO3.2C2H7N.ClH/c1-4-6(10)9-8(2,3)5-7(11)12;2*1-3-2;/h4H,1,5H2,2-3H3,(H,9,10)(H,11,12);2*3H,1-2H3;1H. The average molecular weight is 298 g/mol. The summed E-state index contributed by atoms with van der Waals surface area (Å²) in [7, 11) is 7.50. The molecule has 19 heavy (non-hydrogen) atoms. The second-order valence-electron chi connectivity index (χ2n) is 4.15. The minimum Gasteiger partial charge on any atom is -0.481 e. The highest BCUT2D eigenvalue weighted by molar-refractivity contribution is 5.87.